The van der Waals surface area contributed by atoms with Crippen LogP contribution in [0.3, 0.4) is 0 Å². The fourth-order valence-electron chi connectivity index (χ4n) is 1.70. The second-order valence-electron chi connectivity index (χ2n) is 4.24. The van der Waals surface area contributed by atoms with Gasteiger partial charge in [-0.3, -0.25) is 20.2 Å². The molecule has 0 radical (unpaired) electrons. The highest BCUT2D eigenvalue weighted by molar-refractivity contribution is 8.76. The van der Waals surface area contributed by atoms with Gasteiger partial charge in [0.15, 0.2) is 10.1 Å². The molecule has 0 aliphatic rings. The van der Waals surface area contributed by atoms with E-state index in [2.05, 4.69) is 9.97 Å². The fourth-order valence-corrected chi connectivity index (χ4v) is 3.90. The minimum atomic E-state index is -0.511. The van der Waals surface area contributed by atoms with Gasteiger partial charge in [-0.2, -0.15) is 0 Å². The molecule has 22 heavy (non-hydrogen) atoms. The molecule has 10 heteroatoms. The molecule has 0 saturated carbocycles. The lowest BCUT2D eigenvalue weighted by Gasteiger charge is -2.04. The van der Waals surface area contributed by atoms with Gasteiger partial charge in [-0.05, 0) is 47.6 Å². The van der Waals surface area contributed by atoms with Crippen LogP contribution in [0.1, 0.15) is 11.1 Å². The Balaban J connectivity index is 2.33. The number of hydrogen-bond acceptors (Lipinski definition) is 8. The number of nitrogens with zero attached hydrogens (tertiary/aromatic N) is 4. The topological polar surface area (TPSA) is 112 Å². The summed E-state index contributed by atoms with van der Waals surface area (Å²) in [6.45, 7) is 3.23. The second kappa shape index (κ2) is 6.71. The van der Waals surface area contributed by atoms with Gasteiger partial charge in [-0.15, -0.1) is 0 Å². The standard InChI is InChI=1S/C12H10N4O4S2/c1-7-3-5-13-11(9(7)15(17)18)21-22-12-10(16(19)20)8(2)4-6-14-12/h3-6H,1-2H3. The molecule has 0 amide bonds. The number of aryl methyl sites for hydroxylation is 2. The molecule has 0 fully saturated rings. The van der Waals surface area contributed by atoms with Gasteiger partial charge in [-0.1, -0.05) is 0 Å². The van der Waals surface area contributed by atoms with Crippen LogP contribution in [-0.4, -0.2) is 19.8 Å². The normalized spacial score (nSPS) is 10.5. The SMILES string of the molecule is Cc1ccnc(SSc2nccc(C)c2[N+](=O)[O-])c1[N+](=O)[O-]. The summed E-state index contributed by atoms with van der Waals surface area (Å²) < 4.78 is 0. The Bertz CT molecular complexity index is 690. The van der Waals surface area contributed by atoms with E-state index >= 15 is 0 Å². The van der Waals surface area contributed by atoms with Crippen molar-refractivity contribution in [2.24, 2.45) is 0 Å². The first-order valence-corrected chi connectivity index (χ1v) is 8.11. The summed E-state index contributed by atoms with van der Waals surface area (Å²) in [6.07, 6.45) is 2.92. The molecule has 0 aromatic carbocycles. The van der Waals surface area contributed by atoms with Crippen LogP contribution in [0.2, 0.25) is 0 Å². The van der Waals surface area contributed by atoms with Gasteiger partial charge in [-0.25, -0.2) is 9.97 Å². The molecule has 0 aliphatic heterocycles. The largest absolute Gasteiger partial charge is 0.305 e. The van der Waals surface area contributed by atoms with Crippen molar-refractivity contribution in [2.75, 3.05) is 0 Å². The van der Waals surface area contributed by atoms with E-state index in [1.807, 2.05) is 0 Å². The third kappa shape index (κ3) is 3.34. The zero-order valence-corrected chi connectivity index (χ0v) is 13.2. The fraction of sp³-hybridized carbons (Fsp3) is 0.167. The first-order valence-electron chi connectivity index (χ1n) is 5.96. The summed E-state index contributed by atoms with van der Waals surface area (Å²) in [5.74, 6) is 0. The van der Waals surface area contributed by atoms with Crippen molar-refractivity contribution >= 4 is 33.0 Å². The van der Waals surface area contributed by atoms with Crippen LogP contribution >= 0.6 is 21.6 Å². The Morgan fingerprint density at radius 3 is 1.55 bits per heavy atom. The van der Waals surface area contributed by atoms with Crippen LogP contribution in [0, 0.1) is 34.1 Å². The van der Waals surface area contributed by atoms with E-state index < -0.39 is 9.85 Å². The van der Waals surface area contributed by atoms with Gasteiger partial charge in [0.05, 0.1) is 9.85 Å². The molecule has 0 N–H and O–H groups in total. The predicted octanol–water partition coefficient (Wildman–Crippen LogP) is 3.71. The summed E-state index contributed by atoms with van der Waals surface area (Å²) in [7, 11) is 1.96. The maximum Gasteiger partial charge on any atom is 0.305 e. The van der Waals surface area contributed by atoms with Crippen molar-refractivity contribution in [1.29, 1.82) is 0 Å². The minimum absolute atomic E-state index is 0.102. The van der Waals surface area contributed by atoms with Gasteiger partial charge in [0.1, 0.15) is 0 Å². The highest BCUT2D eigenvalue weighted by Gasteiger charge is 2.23. The summed E-state index contributed by atoms with van der Waals surface area (Å²) in [4.78, 5) is 29.1. The summed E-state index contributed by atoms with van der Waals surface area (Å²) in [5.41, 5.74) is 0.759. The number of hydrogen-bond donors (Lipinski definition) is 0. The van der Waals surface area contributed by atoms with Crippen molar-refractivity contribution in [1.82, 2.24) is 9.97 Å². The molecule has 2 heterocycles. The van der Waals surface area contributed by atoms with E-state index in [-0.39, 0.29) is 21.4 Å². The first kappa shape index (κ1) is 16.2. The molecule has 0 saturated heterocycles. The van der Waals surface area contributed by atoms with Crippen LogP contribution in [0.4, 0.5) is 11.4 Å². The maximum absolute atomic E-state index is 11.1. The lowest BCUT2D eigenvalue weighted by molar-refractivity contribution is -0.389. The molecule has 0 atom stereocenters. The first-order chi connectivity index (χ1) is 10.4. The Kier molecular flexibility index (Phi) is 4.93. The Morgan fingerprint density at radius 2 is 1.23 bits per heavy atom. The molecule has 2 aromatic heterocycles. The van der Waals surface area contributed by atoms with Crippen molar-refractivity contribution < 1.29 is 9.85 Å². The van der Waals surface area contributed by atoms with E-state index in [1.165, 1.54) is 12.4 Å². The Labute approximate surface area is 133 Å². The van der Waals surface area contributed by atoms with Gasteiger partial charge >= 0.3 is 11.4 Å². The van der Waals surface area contributed by atoms with E-state index in [4.69, 9.17) is 0 Å². The van der Waals surface area contributed by atoms with E-state index in [9.17, 15) is 20.2 Å². The second-order valence-corrected chi connectivity index (χ2v) is 6.35. The number of pyridine rings is 2. The molecule has 0 aliphatic carbocycles. The molecule has 0 unspecified atom stereocenters. The molecular formula is C12H10N4O4S2. The highest BCUT2D eigenvalue weighted by Crippen LogP contribution is 2.43. The predicted molar refractivity (Wildman–Crippen MR) is 83.0 cm³/mol. The van der Waals surface area contributed by atoms with Crippen LogP contribution < -0.4 is 0 Å². The van der Waals surface area contributed by atoms with Crippen molar-refractivity contribution in [2.45, 2.75) is 23.9 Å². The molecule has 0 spiro atoms. The molecule has 114 valence electrons. The van der Waals surface area contributed by atoms with E-state index in [0.717, 1.165) is 21.6 Å². The molecular weight excluding hydrogens is 328 g/mol. The average Bonchev–Trinajstić information content (AvgIpc) is 2.44. The third-order valence-electron chi connectivity index (χ3n) is 2.75. The minimum Gasteiger partial charge on any atom is -0.258 e. The molecule has 0 bridgehead atoms. The Morgan fingerprint density at radius 1 is 0.864 bits per heavy atom. The van der Waals surface area contributed by atoms with Gasteiger partial charge in [0, 0.05) is 23.5 Å². The van der Waals surface area contributed by atoms with Crippen LogP contribution in [0.25, 0.3) is 0 Å². The van der Waals surface area contributed by atoms with Crippen molar-refractivity contribution in [3.8, 4) is 0 Å². The van der Waals surface area contributed by atoms with E-state index in [0.29, 0.717) is 11.1 Å². The quantitative estimate of drug-likeness (QED) is 0.460. The molecule has 8 nitrogen and oxygen atoms in total. The average molecular weight is 338 g/mol. The van der Waals surface area contributed by atoms with E-state index in [1.54, 1.807) is 26.0 Å². The van der Waals surface area contributed by atoms with Crippen molar-refractivity contribution in [3.63, 3.8) is 0 Å². The molecule has 2 aromatic rings. The number of rotatable bonds is 5. The van der Waals surface area contributed by atoms with Crippen molar-refractivity contribution in [3.05, 3.63) is 55.9 Å². The number of nitro groups is 2. The zero-order valence-electron chi connectivity index (χ0n) is 11.5. The van der Waals surface area contributed by atoms with Crippen LogP contribution in [0.5, 0.6) is 0 Å². The monoisotopic (exact) mass is 338 g/mol. The van der Waals surface area contributed by atoms with Gasteiger partial charge < -0.3 is 0 Å². The smallest absolute Gasteiger partial charge is 0.258 e. The van der Waals surface area contributed by atoms with Gasteiger partial charge in [0.2, 0.25) is 0 Å². The number of aromatic nitrogens is 2. The third-order valence-corrected chi connectivity index (χ3v) is 4.94. The Hall–Kier alpha value is -2.20. The highest BCUT2D eigenvalue weighted by atomic mass is 33.1. The summed E-state index contributed by atoms with van der Waals surface area (Å²) in [5, 5.41) is 22.6. The maximum atomic E-state index is 11.1. The van der Waals surface area contributed by atoms with Crippen LogP contribution in [-0.2, 0) is 0 Å². The lowest BCUT2D eigenvalue weighted by Crippen LogP contribution is -1.97. The molecule has 2 rings (SSSR count). The summed E-state index contributed by atoms with van der Waals surface area (Å²) >= 11 is 0. The summed E-state index contributed by atoms with van der Waals surface area (Å²) in [6, 6.07) is 3.08. The zero-order chi connectivity index (χ0) is 16.3. The van der Waals surface area contributed by atoms with Gasteiger partial charge in [0.25, 0.3) is 0 Å². The lowest BCUT2D eigenvalue weighted by atomic mass is 10.3. The van der Waals surface area contributed by atoms with Crippen LogP contribution in [0.15, 0.2) is 34.6 Å².